The molecule has 2 N–H and O–H groups in total. The number of amides is 2. The molecule has 1 heterocycles. The summed E-state index contributed by atoms with van der Waals surface area (Å²) in [4.78, 5) is 30.0. The lowest BCUT2D eigenvalue weighted by Crippen LogP contribution is -2.46. The molecule has 0 aliphatic carbocycles. The summed E-state index contributed by atoms with van der Waals surface area (Å²) >= 11 is 0. The van der Waals surface area contributed by atoms with E-state index in [1.807, 2.05) is 37.3 Å². The van der Waals surface area contributed by atoms with Crippen LogP contribution in [0.5, 0.6) is 11.5 Å². The normalized spacial score (nSPS) is 14.2. The highest BCUT2D eigenvalue weighted by atomic mass is 16.5. The van der Waals surface area contributed by atoms with Gasteiger partial charge in [-0.1, -0.05) is 25.0 Å². The third-order valence-corrected chi connectivity index (χ3v) is 6.92. The fraction of sp³-hybridized carbons (Fsp3) is 0.467. The number of likely N-dealkylation sites (N-methyl/N-ethyl adjacent to an activating group) is 1. The summed E-state index contributed by atoms with van der Waals surface area (Å²) in [6, 6.07) is 11.6. The number of ether oxygens (including phenoxy) is 2. The molecule has 1 atom stereocenters. The van der Waals surface area contributed by atoms with Gasteiger partial charge in [0, 0.05) is 44.0 Å². The highest BCUT2D eigenvalue weighted by molar-refractivity contribution is 5.97. The zero-order chi connectivity index (χ0) is 27.5. The van der Waals surface area contributed by atoms with Gasteiger partial charge in [0.25, 0.3) is 11.8 Å². The fourth-order valence-electron chi connectivity index (χ4n) is 4.63. The maximum absolute atomic E-state index is 13.6. The number of nitrogens with zero attached hydrogens (tertiary/aromatic N) is 2. The van der Waals surface area contributed by atoms with Crippen LogP contribution < -0.4 is 25.0 Å². The largest absolute Gasteiger partial charge is 0.493 e. The van der Waals surface area contributed by atoms with Gasteiger partial charge in [0.1, 0.15) is 0 Å². The Morgan fingerprint density at radius 1 is 1.03 bits per heavy atom. The molecule has 0 aromatic heterocycles. The van der Waals surface area contributed by atoms with E-state index >= 15 is 0 Å². The molecule has 1 aliphatic rings. The van der Waals surface area contributed by atoms with Crippen LogP contribution in [0.15, 0.2) is 36.4 Å². The summed E-state index contributed by atoms with van der Waals surface area (Å²) < 4.78 is 10.8. The zero-order valence-corrected chi connectivity index (χ0v) is 23.2. The Hall–Kier alpha value is -3.70. The number of anilines is 1. The Bertz CT molecular complexity index is 1160. The van der Waals surface area contributed by atoms with Crippen LogP contribution in [-0.4, -0.2) is 70.2 Å². The van der Waals surface area contributed by atoms with E-state index in [0.29, 0.717) is 36.4 Å². The Morgan fingerprint density at radius 2 is 1.76 bits per heavy atom. The van der Waals surface area contributed by atoms with Gasteiger partial charge >= 0.3 is 0 Å². The SMILES string of the molecule is CC#CC(=O)NCCCc1ccc(N2CCN(CC)CC2)cc1C(=O)NC(C)c1ccc(OC)c(OC)c1. The fourth-order valence-corrected chi connectivity index (χ4v) is 4.63. The smallest absolute Gasteiger partial charge is 0.295 e. The molecule has 2 aromatic carbocycles. The first kappa shape index (κ1) is 28.9. The van der Waals surface area contributed by atoms with E-state index in [9.17, 15) is 9.59 Å². The van der Waals surface area contributed by atoms with Gasteiger partial charge < -0.3 is 29.9 Å². The second-order valence-corrected chi connectivity index (χ2v) is 9.31. The Balaban J connectivity index is 1.78. The minimum Gasteiger partial charge on any atom is -0.493 e. The van der Waals surface area contributed by atoms with Crippen molar-refractivity contribution in [3.63, 3.8) is 0 Å². The third kappa shape index (κ3) is 7.65. The van der Waals surface area contributed by atoms with Gasteiger partial charge in [0.15, 0.2) is 11.5 Å². The van der Waals surface area contributed by atoms with Gasteiger partial charge in [-0.15, -0.1) is 0 Å². The van der Waals surface area contributed by atoms with Crippen molar-refractivity contribution in [2.75, 3.05) is 58.4 Å². The molecular weight excluding hydrogens is 480 g/mol. The Kier molecular flexibility index (Phi) is 10.9. The van der Waals surface area contributed by atoms with E-state index in [4.69, 9.17) is 9.47 Å². The lowest BCUT2D eigenvalue weighted by Gasteiger charge is -2.35. The van der Waals surface area contributed by atoms with E-state index in [1.165, 1.54) is 0 Å². The number of hydrogen-bond acceptors (Lipinski definition) is 6. The summed E-state index contributed by atoms with van der Waals surface area (Å²) in [6.45, 7) is 11.2. The van der Waals surface area contributed by atoms with Crippen LogP contribution in [0.2, 0.25) is 0 Å². The number of benzene rings is 2. The molecule has 1 unspecified atom stereocenters. The Morgan fingerprint density at radius 3 is 2.42 bits per heavy atom. The van der Waals surface area contributed by atoms with Crippen LogP contribution in [0.25, 0.3) is 0 Å². The number of nitrogens with one attached hydrogen (secondary N) is 2. The first-order valence-electron chi connectivity index (χ1n) is 13.2. The monoisotopic (exact) mass is 520 g/mol. The zero-order valence-electron chi connectivity index (χ0n) is 23.2. The van der Waals surface area contributed by atoms with Crippen LogP contribution in [0.3, 0.4) is 0 Å². The summed E-state index contributed by atoms with van der Waals surface area (Å²) in [5.74, 6) is 5.94. The van der Waals surface area contributed by atoms with Crippen LogP contribution >= 0.6 is 0 Å². The van der Waals surface area contributed by atoms with Crippen LogP contribution in [0.1, 0.15) is 54.7 Å². The predicted octanol–water partition coefficient (Wildman–Crippen LogP) is 3.41. The van der Waals surface area contributed by atoms with Gasteiger partial charge in [-0.2, -0.15) is 0 Å². The van der Waals surface area contributed by atoms with Crippen molar-refractivity contribution >= 4 is 17.5 Å². The Labute approximate surface area is 226 Å². The first-order valence-corrected chi connectivity index (χ1v) is 13.2. The van der Waals surface area contributed by atoms with Crippen molar-refractivity contribution in [3.8, 4) is 23.3 Å². The van der Waals surface area contributed by atoms with Gasteiger partial charge in [-0.25, -0.2) is 0 Å². The molecule has 2 amide bonds. The molecule has 8 heteroatoms. The molecule has 0 saturated carbocycles. The van der Waals surface area contributed by atoms with E-state index in [0.717, 1.165) is 49.5 Å². The molecule has 0 radical (unpaired) electrons. The molecule has 0 bridgehead atoms. The second-order valence-electron chi connectivity index (χ2n) is 9.31. The van der Waals surface area contributed by atoms with Crippen molar-refractivity contribution in [2.24, 2.45) is 0 Å². The summed E-state index contributed by atoms with van der Waals surface area (Å²) in [6.07, 6.45) is 1.37. The molecule has 8 nitrogen and oxygen atoms in total. The number of rotatable bonds is 11. The van der Waals surface area contributed by atoms with E-state index in [2.05, 4.69) is 45.3 Å². The number of carbonyl (C=O) groups excluding carboxylic acids is 2. The molecule has 1 saturated heterocycles. The molecule has 1 fully saturated rings. The van der Waals surface area contributed by atoms with Crippen molar-refractivity contribution in [3.05, 3.63) is 53.1 Å². The molecule has 3 rings (SSSR count). The van der Waals surface area contributed by atoms with Crippen molar-refractivity contribution < 1.29 is 19.1 Å². The molecular formula is C30H40N4O4. The van der Waals surface area contributed by atoms with Crippen molar-refractivity contribution in [2.45, 2.75) is 39.7 Å². The highest BCUT2D eigenvalue weighted by Crippen LogP contribution is 2.30. The maximum atomic E-state index is 13.6. The number of aryl methyl sites for hydroxylation is 1. The topological polar surface area (TPSA) is 83.1 Å². The number of methoxy groups -OCH3 is 2. The molecule has 204 valence electrons. The van der Waals surface area contributed by atoms with E-state index in [-0.39, 0.29) is 17.9 Å². The molecule has 0 spiro atoms. The third-order valence-electron chi connectivity index (χ3n) is 6.92. The minimum atomic E-state index is -0.282. The van der Waals surface area contributed by atoms with Crippen LogP contribution in [-0.2, 0) is 11.2 Å². The molecule has 2 aromatic rings. The quantitative estimate of drug-likeness (QED) is 0.349. The molecule has 1 aliphatic heterocycles. The standard InChI is InChI=1S/C30H40N4O4/c1-6-9-29(35)31-15-8-10-23-11-13-25(34-18-16-33(7-2)17-19-34)21-26(23)30(36)32-22(3)24-12-14-27(37-4)28(20-24)38-5/h11-14,20-22H,7-8,10,15-19H2,1-5H3,(H,31,35)(H,32,36). The average molecular weight is 521 g/mol. The van der Waals surface area contributed by atoms with E-state index < -0.39 is 0 Å². The van der Waals surface area contributed by atoms with Crippen molar-refractivity contribution in [1.82, 2.24) is 15.5 Å². The highest BCUT2D eigenvalue weighted by Gasteiger charge is 2.21. The second kappa shape index (κ2) is 14.3. The van der Waals surface area contributed by atoms with Gasteiger partial charge in [0.2, 0.25) is 0 Å². The predicted molar refractivity (Wildman–Crippen MR) is 151 cm³/mol. The number of carbonyl (C=O) groups is 2. The van der Waals surface area contributed by atoms with Crippen LogP contribution in [0, 0.1) is 11.8 Å². The lowest BCUT2D eigenvalue weighted by atomic mass is 9.99. The first-order chi connectivity index (χ1) is 18.4. The summed E-state index contributed by atoms with van der Waals surface area (Å²) in [5, 5.41) is 5.96. The average Bonchev–Trinajstić information content (AvgIpc) is 2.95. The summed E-state index contributed by atoms with van der Waals surface area (Å²) in [5.41, 5.74) is 3.59. The molecule has 38 heavy (non-hydrogen) atoms. The van der Waals surface area contributed by atoms with Gasteiger partial charge in [-0.05, 0) is 74.5 Å². The van der Waals surface area contributed by atoms with Crippen molar-refractivity contribution in [1.29, 1.82) is 0 Å². The lowest BCUT2D eigenvalue weighted by molar-refractivity contribution is -0.115. The van der Waals surface area contributed by atoms with Gasteiger partial charge in [0.05, 0.1) is 20.3 Å². The summed E-state index contributed by atoms with van der Waals surface area (Å²) in [7, 11) is 3.20. The van der Waals surface area contributed by atoms with Crippen LogP contribution in [0.4, 0.5) is 5.69 Å². The van der Waals surface area contributed by atoms with E-state index in [1.54, 1.807) is 21.1 Å². The van der Waals surface area contributed by atoms with Gasteiger partial charge in [-0.3, -0.25) is 9.59 Å². The number of hydrogen-bond donors (Lipinski definition) is 2. The maximum Gasteiger partial charge on any atom is 0.295 e. The number of piperazine rings is 1. The minimum absolute atomic E-state index is 0.128.